The van der Waals surface area contributed by atoms with Gasteiger partial charge in [0.1, 0.15) is 10.8 Å². The smallest absolute Gasteiger partial charge is 0.257 e. The van der Waals surface area contributed by atoms with Crippen molar-refractivity contribution < 1.29 is 4.79 Å². The summed E-state index contributed by atoms with van der Waals surface area (Å²) in [6.07, 6.45) is 1.48. The summed E-state index contributed by atoms with van der Waals surface area (Å²) in [4.78, 5) is 12.4. The quantitative estimate of drug-likeness (QED) is 0.750. The van der Waals surface area contributed by atoms with E-state index in [1.165, 1.54) is 6.20 Å². The number of carbonyl (C=O) groups is 1. The van der Waals surface area contributed by atoms with Crippen LogP contribution in [0.4, 0.5) is 5.82 Å². The zero-order valence-electron chi connectivity index (χ0n) is 10.0. The van der Waals surface area contributed by atoms with E-state index >= 15 is 0 Å². The number of H-pyrrole nitrogens is 1. The molecule has 0 aliphatic carbocycles. The van der Waals surface area contributed by atoms with E-state index in [2.05, 4.69) is 31.4 Å². The van der Waals surface area contributed by atoms with Crippen LogP contribution in [0.15, 0.2) is 28.9 Å². The number of thiocarbonyl (C=S) groups is 1. The third-order valence-corrected chi connectivity index (χ3v) is 3.85. The zero-order chi connectivity index (χ0) is 14.0. The fourth-order valence-electron chi connectivity index (χ4n) is 1.57. The van der Waals surface area contributed by atoms with Crippen molar-refractivity contribution in [2.75, 3.05) is 5.32 Å². The Kier molecular flexibility index (Phi) is 3.96. The van der Waals surface area contributed by atoms with Crippen LogP contribution >= 0.6 is 28.1 Å². The van der Waals surface area contributed by atoms with Crippen LogP contribution in [0.25, 0.3) is 0 Å². The molecule has 0 atom stereocenters. The van der Waals surface area contributed by atoms with Gasteiger partial charge in [0.15, 0.2) is 0 Å². The van der Waals surface area contributed by atoms with E-state index in [4.69, 9.17) is 18.0 Å². The number of carbonyl (C=O) groups excluding carboxylic acids is 1. The molecule has 0 saturated carbocycles. The first kappa shape index (κ1) is 13.7. The minimum atomic E-state index is -0.266. The Hall–Kier alpha value is -1.73. The first-order chi connectivity index (χ1) is 9.00. The number of nitrogens with one attached hydrogen (secondary N) is 2. The SMILES string of the molecule is Cc1cccc(C(=O)Nc2[nH]ncc2C(N)=S)c1Br. The normalized spacial score (nSPS) is 10.2. The lowest BCUT2D eigenvalue weighted by atomic mass is 10.1. The maximum Gasteiger partial charge on any atom is 0.257 e. The van der Waals surface area contributed by atoms with E-state index in [-0.39, 0.29) is 10.9 Å². The lowest BCUT2D eigenvalue weighted by Crippen LogP contribution is -2.17. The second-order valence-electron chi connectivity index (χ2n) is 3.91. The summed E-state index contributed by atoms with van der Waals surface area (Å²) in [7, 11) is 0. The Morgan fingerprint density at radius 1 is 1.47 bits per heavy atom. The molecule has 0 fully saturated rings. The van der Waals surface area contributed by atoms with Crippen LogP contribution in [-0.2, 0) is 0 Å². The average Bonchev–Trinajstić information content (AvgIpc) is 2.80. The summed E-state index contributed by atoms with van der Waals surface area (Å²) in [6.45, 7) is 1.91. The van der Waals surface area contributed by atoms with Crippen molar-refractivity contribution in [3.63, 3.8) is 0 Å². The highest BCUT2D eigenvalue weighted by atomic mass is 79.9. The Morgan fingerprint density at radius 3 is 2.89 bits per heavy atom. The van der Waals surface area contributed by atoms with Crippen molar-refractivity contribution >= 4 is 44.9 Å². The van der Waals surface area contributed by atoms with Gasteiger partial charge in [-0.3, -0.25) is 9.89 Å². The fourth-order valence-corrected chi connectivity index (χ4v) is 2.17. The number of aryl methyl sites for hydroxylation is 1. The fraction of sp³-hybridized carbons (Fsp3) is 0.0833. The number of nitrogens with two attached hydrogens (primary N) is 1. The van der Waals surface area contributed by atoms with Gasteiger partial charge < -0.3 is 11.1 Å². The molecule has 0 aliphatic heterocycles. The predicted octanol–water partition coefficient (Wildman–Crippen LogP) is 2.37. The molecule has 19 heavy (non-hydrogen) atoms. The van der Waals surface area contributed by atoms with Crippen molar-refractivity contribution in [2.45, 2.75) is 6.92 Å². The summed E-state index contributed by atoms with van der Waals surface area (Å²) < 4.78 is 0.754. The summed E-state index contributed by atoms with van der Waals surface area (Å²) in [6, 6.07) is 5.46. The maximum absolute atomic E-state index is 12.2. The lowest BCUT2D eigenvalue weighted by Gasteiger charge is -2.08. The van der Waals surface area contributed by atoms with E-state index in [0.717, 1.165) is 10.0 Å². The number of nitrogens with zero attached hydrogens (tertiary/aromatic N) is 1. The summed E-state index contributed by atoms with van der Waals surface area (Å²) in [5.41, 5.74) is 7.55. The van der Waals surface area contributed by atoms with Gasteiger partial charge in [-0.15, -0.1) is 0 Å². The van der Waals surface area contributed by atoms with Crippen molar-refractivity contribution in [1.82, 2.24) is 10.2 Å². The number of anilines is 1. The van der Waals surface area contributed by atoms with Gasteiger partial charge in [-0.05, 0) is 34.5 Å². The molecule has 1 aromatic carbocycles. The molecule has 0 radical (unpaired) electrons. The van der Waals surface area contributed by atoms with Gasteiger partial charge >= 0.3 is 0 Å². The number of hydrogen-bond acceptors (Lipinski definition) is 3. The highest BCUT2D eigenvalue weighted by Gasteiger charge is 2.15. The van der Waals surface area contributed by atoms with Crippen LogP contribution in [0, 0.1) is 6.92 Å². The molecule has 1 heterocycles. The molecule has 98 valence electrons. The molecule has 2 aromatic rings. The summed E-state index contributed by atoms with van der Waals surface area (Å²) >= 11 is 8.27. The molecule has 0 unspecified atom stereocenters. The molecule has 0 bridgehead atoms. The highest BCUT2D eigenvalue weighted by Crippen LogP contribution is 2.22. The van der Waals surface area contributed by atoms with Gasteiger partial charge in [0.05, 0.1) is 17.3 Å². The zero-order valence-corrected chi connectivity index (χ0v) is 12.4. The second kappa shape index (κ2) is 5.50. The number of rotatable bonds is 3. The van der Waals surface area contributed by atoms with Crippen molar-refractivity contribution in [3.05, 3.63) is 45.6 Å². The largest absolute Gasteiger partial charge is 0.389 e. The minimum Gasteiger partial charge on any atom is -0.389 e. The molecule has 2 rings (SSSR count). The molecule has 0 aliphatic rings. The van der Waals surface area contributed by atoms with Crippen LogP contribution in [0.2, 0.25) is 0 Å². The molecular formula is C12H11BrN4OS. The van der Waals surface area contributed by atoms with Gasteiger partial charge in [-0.2, -0.15) is 5.10 Å². The topological polar surface area (TPSA) is 83.8 Å². The Labute approximate surface area is 123 Å². The van der Waals surface area contributed by atoms with E-state index in [1.807, 2.05) is 19.1 Å². The molecule has 1 amide bonds. The maximum atomic E-state index is 12.2. The first-order valence-corrected chi connectivity index (χ1v) is 6.60. The first-order valence-electron chi connectivity index (χ1n) is 5.40. The van der Waals surface area contributed by atoms with Crippen LogP contribution in [0.3, 0.4) is 0 Å². The van der Waals surface area contributed by atoms with E-state index in [1.54, 1.807) is 6.07 Å². The Balaban J connectivity index is 2.29. The lowest BCUT2D eigenvalue weighted by molar-refractivity contribution is 0.102. The highest BCUT2D eigenvalue weighted by molar-refractivity contribution is 9.10. The van der Waals surface area contributed by atoms with Gasteiger partial charge in [0.2, 0.25) is 0 Å². The van der Waals surface area contributed by atoms with Crippen LogP contribution in [0.5, 0.6) is 0 Å². The number of benzene rings is 1. The van der Waals surface area contributed by atoms with Crippen molar-refractivity contribution in [2.24, 2.45) is 5.73 Å². The van der Waals surface area contributed by atoms with E-state index in [0.29, 0.717) is 16.9 Å². The van der Waals surface area contributed by atoms with E-state index in [9.17, 15) is 4.79 Å². The van der Waals surface area contributed by atoms with Gasteiger partial charge in [-0.1, -0.05) is 24.4 Å². The molecule has 5 nitrogen and oxygen atoms in total. The Bertz CT molecular complexity index is 653. The average molecular weight is 339 g/mol. The summed E-state index contributed by atoms with van der Waals surface area (Å²) in [5, 5.41) is 9.17. The van der Waals surface area contributed by atoms with Gasteiger partial charge in [0, 0.05) is 4.47 Å². The molecule has 4 N–H and O–H groups in total. The standard InChI is InChI=1S/C12H11BrN4OS/c1-6-3-2-4-7(9(6)13)12(18)16-11-8(10(14)19)5-15-17-11/h2-5H,1H3,(H2,14,19)(H2,15,16,17,18). The number of halogens is 1. The van der Waals surface area contributed by atoms with Gasteiger partial charge in [0.25, 0.3) is 5.91 Å². The third-order valence-electron chi connectivity index (χ3n) is 2.58. The van der Waals surface area contributed by atoms with Crippen LogP contribution < -0.4 is 11.1 Å². The number of aromatic nitrogens is 2. The van der Waals surface area contributed by atoms with E-state index < -0.39 is 0 Å². The number of hydrogen-bond donors (Lipinski definition) is 3. The molecule has 0 saturated heterocycles. The molecular weight excluding hydrogens is 328 g/mol. The monoisotopic (exact) mass is 338 g/mol. The predicted molar refractivity (Wildman–Crippen MR) is 81.3 cm³/mol. The summed E-state index contributed by atoms with van der Waals surface area (Å²) in [5.74, 6) is 0.128. The van der Waals surface area contributed by atoms with Crippen LogP contribution in [-0.4, -0.2) is 21.1 Å². The van der Waals surface area contributed by atoms with Crippen molar-refractivity contribution in [3.8, 4) is 0 Å². The third kappa shape index (κ3) is 2.82. The van der Waals surface area contributed by atoms with Crippen LogP contribution in [0.1, 0.15) is 21.5 Å². The number of aromatic amines is 1. The molecule has 0 spiro atoms. The van der Waals surface area contributed by atoms with Gasteiger partial charge in [-0.25, -0.2) is 0 Å². The molecule has 7 heteroatoms. The minimum absolute atomic E-state index is 0.173. The van der Waals surface area contributed by atoms with Crippen molar-refractivity contribution in [1.29, 1.82) is 0 Å². The molecule has 1 aromatic heterocycles. The number of amides is 1. The second-order valence-corrected chi connectivity index (χ2v) is 5.15. The Morgan fingerprint density at radius 2 is 2.21 bits per heavy atom.